The van der Waals surface area contributed by atoms with E-state index in [9.17, 15) is 4.79 Å². The molecule has 1 amide bonds. The van der Waals surface area contributed by atoms with Crippen molar-refractivity contribution in [1.29, 1.82) is 0 Å². The second kappa shape index (κ2) is 18.8. The lowest BCUT2D eigenvalue weighted by atomic mass is 9.97. The van der Waals surface area contributed by atoms with E-state index in [1.54, 1.807) is 0 Å². The van der Waals surface area contributed by atoms with Crippen LogP contribution in [-0.2, 0) is 4.79 Å². The molecule has 0 fully saturated rings. The summed E-state index contributed by atoms with van der Waals surface area (Å²) in [6.45, 7) is 6.08. The summed E-state index contributed by atoms with van der Waals surface area (Å²) in [5, 5.41) is 0. The fraction of sp³-hybridized carbons (Fsp3) is 0.909. The van der Waals surface area contributed by atoms with Crippen molar-refractivity contribution in [3.05, 3.63) is 6.92 Å². The molecule has 24 heavy (non-hydrogen) atoms. The summed E-state index contributed by atoms with van der Waals surface area (Å²) in [5.74, 6) is -0.178. The molecule has 0 aromatic carbocycles. The van der Waals surface area contributed by atoms with Gasteiger partial charge in [-0.25, -0.2) is 0 Å². The molecule has 1 unspecified atom stereocenters. The van der Waals surface area contributed by atoms with Crippen LogP contribution in [0.1, 0.15) is 122 Å². The van der Waals surface area contributed by atoms with Crippen molar-refractivity contribution in [2.45, 2.75) is 122 Å². The minimum absolute atomic E-state index is 0.00311. The van der Waals surface area contributed by atoms with E-state index < -0.39 is 0 Å². The van der Waals surface area contributed by atoms with Gasteiger partial charge in [0.25, 0.3) is 0 Å². The topological polar surface area (TPSA) is 43.1 Å². The fourth-order valence-electron chi connectivity index (χ4n) is 3.37. The van der Waals surface area contributed by atoms with Crippen molar-refractivity contribution in [2.75, 3.05) is 0 Å². The number of hydrogen-bond acceptors (Lipinski definition) is 1. The number of primary amides is 1. The third-order valence-electron chi connectivity index (χ3n) is 5.16. The van der Waals surface area contributed by atoms with Crippen molar-refractivity contribution in [3.63, 3.8) is 0 Å². The van der Waals surface area contributed by atoms with E-state index in [0.29, 0.717) is 6.42 Å². The van der Waals surface area contributed by atoms with Crippen LogP contribution in [-0.4, -0.2) is 5.91 Å². The van der Waals surface area contributed by atoms with Crippen LogP contribution in [0.15, 0.2) is 0 Å². The predicted octanol–water partition coefficient (Wildman–Crippen LogP) is 6.96. The summed E-state index contributed by atoms with van der Waals surface area (Å²) in [4.78, 5) is 11.1. The standard InChI is InChI=1S/C22H44NO/c1-3-5-6-7-8-9-10-11-12-13-14-15-16-17-18-19-20-21(4-2)22(23)24/h21H,2-20H2,1H3,(H2,23,24). The van der Waals surface area contributed by atoms with E-state index in [-0.39, 0.29) is 11.8 Å². The highest BCUT2D eigenvalue weighted by atomic mass is 16.1. The molecular weight excluding hydrogens is 294 g/mol. The van der Waals surface area contributed by atoms with Crippen LogP contribution in [0, 0.1) is 12.8 Å². The molecule has 2 heteroatoms. The Hall–Kier alpha value is -0.530. The van der Waals surface area contributed by atoms with Gasteiger partial charge in [0.2, 0.25) is 5.91 Å². The second-order valence-corrected chi connectivity index (χ2v) is 7.48. The van der Waals surface area contributed by atoms with Gasteiger partial charge in [0, 0.05) is 5.92 Å². The van der Waals surface area contributed by atoms with Crippen LogP contribution in [0.4, 0.5) is 0 Å². The number of unbranched alkanes of at least 4 members (excludes halogenated alkanes) is 15. The maximum Gasteiger partial charge on any atom is 0.220 e. The number of rotatable bonds is 19. The molecule has 1 atom stereocenters. The third-order valence-corrected chi connectivity index (χ3v) is 5.16. The molecule has 0 saturated heterocycles. The maximum atomic E-state index is 11.1. The average molecular weight is 339 g/mol. The summed E-state index contributed by atoms with van der Waals surface area (Å²) < 4.78 is 0. The first-order valence-corrected chi connectivity index (χ1v) is 10.8. The molecule has 0 aliphatic rings. The monoisotopic (exact) mass is 338 g/mol. The molecule has 2 N–H and O–H groups in total. The smallest absolute Gasteiger partial charge is 0.220 e. The molecule has 0 aliphatic heterocycles. The zero-order chi connectivity index (χ0) is 17.9. The summed E-state index contributed by atoms with van der Waals surface area (Å²) in [6, 6.07) is 0. The minimum atomic E-state index is -0.175. The van der Waals surface area contributed by atoms with Crippen molar-refractivity contribution >= 4 is 5.91 Å². The SMILES string of the molecule is [CH2]CC(CCCCCCCCCCCCCCCCCC)C(N)=O. The molecule has 0 aromatic heterocycles. The fourth-order valence-corrected chi connectivity index (χ4v) is 3.37. The summed E-state index contributed by atoms with van der Waals surface area (Å²) >= 11 is 0. The first-order valence-electron chi connectivity index (χ1n) is 10.8. The number of nitrogens with two attached hydrogens (primary N) is 1. The molecular formula is C22H44NO. The van der Waals surface area contributed by atoms with Gasteiger partial charge in [-0.2, -0.15) is 0 Å². The highest BCUT2D eigenvalue weighted by Gasteiger charge is 2.11. The number of hydrogen-bond donors (Lipinski definition) is 1. The quantitative estimate of drug-likeness (QED) is 0.254. The summed E-state index contributed by atoms with van der Waals surface area (Å²) in [5.41, 5.74) is 5.33. The van der Waals surface area contributed by atoms with E-state index >= 15 is 0 Å². The molecule has 0 heterocycles. The van der Waals surface area contributed by atoms with Gasteiger partial charge >= 0.3 is 0 Å². The molecule has 2 nitrogen and oxygen atoms in total. The molecule has 0 aliphatic carbocycles. The molecule has 0 rings (SSSR count). The Kier molecular flexibility index (Phi) is 18.4. The molecule has 0 saturated carbocycles. The molecule has 0 aromatic rings. The number of amides is 1. The summed E-state index contributed by atoms with van der Waals surface area (Å²) in [7, 11) is 0. The maximum absolute atomic E-state index is 11.1. The van der Waals surface area contributed by atoms with Gasteiger partial charge in [-0.15, -0.1) is 0 Å². The normalized spacial score (nSPS) is 12.4. The van der Waals surface area contributed by atoms with E-state index in [1.807, 2.05) is 0 Å². The number of carbonyl (C=O) groups excluding carboxylic acids is 1. The van der Waals surface area contributed by atoms with Crippen LogP contribution < -0.4 is 5.73 Å². The second-order valence-electron chi connectivity index (χ2n) is 7.48. The van der Waals surface area contributed by atoms with Crippen LogP contribution in [0.3, 0.4) is 0 Å². The first kappa shape index (κ1) is 23.5. The van der Waals surface area contributed by atoms with Gasteiger partial charge in [0.05, 0.1) is 0 Å². The predicted molar refractivity (Wildman–Crippen MR) is 107 cm³/mol. The van der Waals surface area contributed by atoms with E-state index in [0.717, 1.165) is 12.8 Å². The van der Waals surface area contributed by atoms with Crippen LogP contribution in [0.5, 0.6) is 0 Å². The Morgan fingerprint density at radius 2 is 1.04 bits per heavy atom. The Balaban J connectivity index is 3.11. The molecule has 0 spiro atoms. The highest BCUT2D eigenvalue weighted by Crippen LogP contribution is 2.16. The van der Waals surface area contributed by atoms with Crippen LogP contribution in [0.25, 0.3) is 0 Å². The Morgan fingerprint density at radius 3 is 1.33 bits per heavy atom. The van der Waals surface area contributed by atoms with Gasteiger partial charge in [-0.05, 0) is 12.8 Å². The lowest BCUT2D eigenvalue weighted by Gasteiger charge is -2.09. The zero-order valence-electron chi connectivity index (χ0n) is 16.5. The molecule has 1 radical (unpaired) electrons. The molecule has 0 bridgehead atoms. The van der Waals surface area contributed by atoms with Crippen molar-refractivity contribution in [2.24, 2.45) is 11.7 Å². The van der Waals surface area contributed by atoms with Crippen LogP contribution >= 0.6 is 0 Å². The highest BCUT2D eigenvalue weighted by molar-refractivity contribution is 5.76. The van der Waals surface area contributed by atoms with Gasteiger partial charge < -0.3 is 5.73 Å². The van der Waals surface area contributed by atoms with Gasteiger partial charge in [0.15, 0.2) is 0 Å². The Bertz CT molecular complexity index is 265. The lowest BCUT2D eigenvalue weighted by molar-refractivity contribution is -0.121. The minimum Gasteiger partial charge on any atom is -0.369 e. The zero-order valence-corrected chi connectivity index (χ0v) is 16.5. The lowest BCUT2D eigenvalue weighted by Crippen LogP contribution is -2.22. The van der Waals surface area contributed by atoms with Crippen LogP contribution in [0.2, 0.25) is 0 Å². The van der Waals surface area contributed by atoms with E-state index in [2.05, 4.69) is 13.8 Å². The largest absolute Gasteiger partial charge is 0.369 e. The first-order chi connectivity index (χ1) is 11.7. The van der Waals surface area contributed by atoms with E-state index in [4.69, 9.17) is 5.73 Å². The summed E-state index contributed by atoms with van der Waals surface area (Å²) in [6.07, 6.45) is 23.7. The van der Waals surface area contributed by atoms with E-state index in [1.165, 1.54) is 96.3 Å². The number of carbonyl (C=O) groups is 1. The Morgan fingerprint density at radius 1 is 0.708 bits per heavy atom. The average Bonchev–Trinajstić information content (AvgIpc) is 2.57. The third kappa shape index (κ3) is 16.3. The van der Waals surface area contributed by atoms with Crippen molar-refractivity contribution < 1.29 is 4.79 Å². The van der Waals surface area contributed by atoms with Crippen molar-refractivity contribution in [3.8, 4) is 0 Å². The van der Waals surface area contributed by atoms with Gasteiger partial charge in [-0.3, -0.25) is 4.79 Å². The molecule has 143 valence electrons. The van der Waals surface area contributed by atoms with Gasteiger partial charge in [0.1, 0.15) is 0 Å². The van der Waals surface area contributed by atoms with Gasteiger partial charge in [-0.1, -0.05) is 117 Å². The van der Waals surface area contributed by atoms with Crippen molar-refractivity contribution in [1.82, 2.24) is 0 Å². The Labute approximate surface area is 152 Å².